The Morgan fingerprint density at radius 2 is 2.09 bits per heavy atom. The normalized spacial score (nSPS) is 18.1. The zero-order valence-corrected chi connectivity index (χ0v) is 12.9. The van der Waals surface area contributed by atoms with Gasteiger partial charge in [-0.2, -0.15) is 0 Å². The summed E-state index contributed by atoms with van der Waals surface area (Å²) in [5, 5.41) is 13.8. The first kappa shape index (κ1) is 14.4. The summed E-state index contributed by atoms with van der Waals surface area (Å²) in [6.45, 7) is 6.08. The van der Waals surface area contributed by atoms with Crippen LogP contribution in [0.4, 0.5) is 4.79 Å². The molecule has 1 aliphatic heterocycles. The van der Waals surface area contributed by atoms with E-state index in [4.69, 9.17) is 0 Å². The Morgan fingerprint density at radius 1 is 1.36 bits per heavy atom. The third-order valence-corrected chi connectivity index (χ3v) is 3.80. The molecule has 0 saturated carbocycles. The summed E-state index contributed by atoms with van der Waals surface area (Å²) in [5.74, 6) is 0.412. The van der Waals surface area contributed by atoms with Crippen LogP contribution in [0.5, 0.6) is 0 Å². The summed E-state index contributed by atoms with van der Waals surface area (Å²) >= 11 is 0. The maximum Gasteiger partial charge on any atom is 0.414 e. The first-order valence-electron chi connectivity index (χ1n) is 7.28. The van der Waals surface area contributed by atoms with Crippen molar-refractivity contribution in [3.8, 4) is 0 Å². The Kier molecular flexibility index (Phi) is 3.31. The number of nitrogens with zero attached hydrogens (tertiary/aromatic N) is 2. The van der Waals surface area contributed by atoms with Gasteiger partial charge in [0.15, 0.2) is 0 Å². The molecule has 22 heavy (non-hydrogen) atoms. The van der Waals surface area contributed by atoms with E-state index in [1.165, 1.54) is 4.90 Å². The number of nitrogens with one attached hydrogen (secondary N) is 2. The predicted octanol–water partition coefficient (Wildman–Crippen LogP) is 2.95. The topological polar surface area (TPSA) is 80.7 Å². The molecule has 3 rings (SSSR count). The van der Waals surface area contributed by atoms with Gasteiger partial charge >= 0.3 is 6.09 Å². The zero-order chi connectivity index (χ0) is 15.9. The van der Waals surface area contributed by atoms with Crippen molar-refractivity contribution in [1.82, 2.24) is 15.2 Å². The summed E-state index contributed by atoms with van der Waals surface area (Å²) in [7, 11) is 0. The third-order valence-electron chi connectivity index (χ3n) is 3.80. The van der Waals surface area contributed by atoms with Gasteiger partial charge in [0.2, 0.25) is 5.96 Å². The van der Waals surface area contributed by atoms with Crippen molar-refractivity contribution in [1.29, 1.82) is 0 Å². The van der Waals surface area contributed by atoms with E-state index in [0.29, 0.717) is 12.5 Å². The van der Waals surface area contributed by atoms with Crippen molar-refractivity contribution in [2.24, 2.45) is 4.99 Å². The van der Waals surface area contributed by atoms with Crippen LogP contribution in [0, 0.1) is 0 Å². The van der Waals surface area contributed by atoms with E-state index >= 15 is 0 Å². The number of benzene rings is 1. The second-order valence-electron chi connectivity index (χ2n) is 6.44. The number of guanidine groups is 1. The van der Waals surface area contributed by atoms with E-state index in [9.17, 15) is 9.90 Å². The van der Waals surface area contributed by atoms with Crippen LogP contribution in [0.3, 0.4) is 0 Å². The fraction of sp³-hybridized carbons (Fsp3) is 0.375. The minimum atomic E-state index is -1.00. The van der Waals surface area contributed by atoms with Crippen LogP contribution >= 0.6 is 0 Å². The zero-order valence-electron chi connectivity index (χ0n) is 12.9. The molecule has 1 aromatic carbocycles. The lowest BCUT2D eigenvalue weighted by atomic mass is 10.1. The third kappa shape index (κ3) is 2.41. The molecule has 1 aliphatic rings. The number of fused-ring (bicyclic) bond motifs is 1. The molecule has 2 aromatic rings. The largest absolute Gasteiger partial charge is 0.465 e. The SMILES string of the molecule is CC(C)(C)N(C(=O)O)C1=NCC(c2c[nH]c3ccccc23)N1. The fourth-order valence-corrected chi connectivity index (χ4v) is 2.81. The average Bonchev–Trinajstić information content (AvgIpc) is 3.02. The molecule has 1 aromatic heterocycles. The van der Waals surface area contributed by atoms with Crippen LogP contribution in [0.25, 0.3) is 10.9 Å². The van der Waals surface area contributed by atoms with Crippen molar-refractivity contribution in [2.75, 3.05) is 6.54 Å². The van der Waals surface area contributed by atoms with E-state index in [2.05, 4.69) is 21.4 Å². The molecule has 0 spiro atoms. The quantitative estimate of drug-likeness (QED) is 0.757. The van der Waals surface area contributed by atoms with Gasteiger partial charge in [0.05, 0.1) is 12.6 Å². The number of aromatic nitrogens is 1. The number of rotatable bonds is 1. The van der Waals surface area contributed by atoms with Crippen molar-refractivity contribution in [3.63, 3.8) is 0 Å². The first-order valence-corrected chi connectivity index (χ1v) is 7.28. The van der Waals surface area contributed by atoms with E-state index in [1.807, 2.05) is 45.2 Å². The molecule has 0 fully saturated rings. The summed E-state index contributed by atoms with van der Waals surface area (Å²) in [6, 6.07) is 8.04. The lowest BCUT2D eigenvalue weighted by Gasteiger charge is -2.32. The van der Waals surface area contributed by atoms with E-state index < -0.39 is 11.6 Å². The minimum absolute atomic E-state index is 0.0182. The van der Waals surface area contributed by atoms with Crippen LogP contribution in [0.2, 0.25) is 0 Å². The van der Waals surface area contributed by atoms with Gasteiger partial charge in [-0.15, -0.1) is 0 Å². The van der Waals surface area contributed by atoms with Crippen LogP contribution in [0.1, 0.15) is 32.4 Å². The maximum atomic E-state index is 11.5. The van der Waals surface area contributed by atoms with Gasteiger partial charge in [0.25, 0.3) is 0 Å². The summed E-state index contributed by atoms with van der Waals surface area (Å²) in [6.07, 6.45) is 0.960. The Labute approximate surface area is 128 Å². The smallest absolute Gasteiger partial charge is 0.414 e. The number of carbonyl (C=O) groups is 1. The first-order chi connectivity index (χ1) is 10.4. The molecule has 1 atom stereocenters. The van der Waals surface area contributed by atoms with Gasteiger partial charge in [-0.1, -0.05) is 18.2 Å². The molecule has 6 heteroatoms. The summed E-state index contributed by atoms with van der Waals surface area (Å²) in [4.78, 5) is 20.5. The molecule has 1 unspecified atom stereocenters. The molecule has 3 N–H and O–H groups in total. The van der Waals surface area contributed by atoms with E-state index in [1.54, 1.807) is 0 Å². The van der Waals surface area contributed by atoms with Crippen LogP contribution in [0.15, 0.2) is 35.5 Å². The molecular formula is C16H20N4O2. The Bertz CT molecular complexity index is 742. The molecule has 116 valence electrons. The van der Waals surface area contributed by atoms with Gasteiger partial charge in [0.1, 0.15) is 0 Å². The number of amides is 1. The highest BCUT2D eigenvalue weighted by atomic mass is 16.4. The number of para-hydroxylation sites is 1. The Hall–Kier alpha value is -2.50. The van der Waals surface area contributed by atoms with Crippen LogP contribution in [-0.4, -0.2) is 39.1 Å². The number of hydrogen-bond donors (Lipinski definition) is 3. The Balaban J connectivity index is 1.86. The van der Waals surface area contributed by atoms with Crippen molar-refractivity contribution in [2.45, 2.75) is 32.4 Å². The van der Waals surface area contributed by atoms with Crippen molar-refractivity contribution >= 4 is 23.0 Å². The molecule has 1 amide bonds. The predicted molar refractivity (Wildman–Crippen MR) is 86.1 cm³/mol. The van der Waals surface area contributed by atoms with Gasteiger partial charge in [-0.3, -0.25) is 4.99 Å². The molecule has 0 bridgehead atoms. The number of H-pyrrole nitrogens is 1. The summed E-state index contributed by atoms with van der Waals surface area (Å²) < 4.78 is 0. The molecular weight excluding hydrogens is 280 g/mol. The number of aliphatic imine (C=N–C) groups is 1. The van der Waals surface area contributed by atoms with Crippen molar-refractivity contribution in [3.05, 3.63) is 36.0 Å². The lowest BCUT2D eigenvalue weighted by molar-refractivity contribution is 0.139. The number of hydrogen-bond acceptors (Lipinski definition) is 3. The van der Waals surface area contributed by atoms with Gasteiger partial charge in [0, 0.05) is 28.2 Å². The maximum absolute atomic E-state index is 11.5. The summed E-state index contributed by atoms with van der Waals surface area (Å²) in [5.41, 5.74) is 1.62. The van der Waals surface area contributed by atoms with Gasteiger partial charge in [-0.25, -0.2) is 9.69 Å². The van der Waals surface area contributed by atoms with Crippen LogP contribution < -0.4 is 5.32 Å². The standard InChI is InChI=1S/C16H20N4O2/c1-16(2,3)20(15(21)22)14-18-9-13(19-14)11-8-17-12-7-5-4-6-10(11)12/h4-8,13,17H,9H2,1-3H3,(H,18,19)(H,21,22). The Morgan fingerprint density at radius 3 is 2.77 bits per heavy atom. The minimum Gasteiger partial charge on any atom is -0.465 e. The van der Waals surface area contributed by atoms with E-state index in [0.717, 1.165) is 16.5 Å². The highest BCUT2D eigenvalue weighted by Gasteiger charge is 2.35. The average molecular weight is 300 g/mol. The van der Waals surface area contributed by atoms with Gasteiger partial charge < -0.3 is 15.4 Å². The second kappa shape index (κ2) is 5.05. The highest BCUT2D eigenvalue weighted by molar-refractivity contribution is 5.96. The highest BCUT2D eigenvalue weighted by Crippen LogP contribution is 2.27. The van der Waals surface area contributed by atoms with E-state index in [-0.39, 0.29) is 6.04 Å². The monoisotopic (exact) mass is 300 g/mol. The van der Waals surface area contributed by atoms with Gasteiger partial charge in [-0.05, 0) is 26.8 Å². The second-order valence-corrected chi connectivity index (χ2v) is 6.44. The molecule has 0 radical (unpaired) electrons. The number of carboxylic acid groups (broad SMARTS) is 1. The fourth-order valence-electron chi connectivity index (χ4n) is 2.81. The molecule has 6 nitrogen and oxygen atoms in total. The molecule has 2 heterocycles. The van der Waals surface area contributed by atoms with Crippen LogP contribution in [-0.2, 0) is 0 Å². The van der Waals surface area contributed by atoms with Crippen molar-refractivity contribution < 1.29 is 9.90 Å². The molecule has 0 aliphatic carbocycles. The molecule has 0 saturated heterocycles. The lowest BCUT2D eigenvalue weighted by Crippen LogP contribution is -2.52. The number of aromatic amines is 1.